The maximum absolute atomic E-state index is 14.4. The van der Waals surface area contributed by atoms with E-state index in [9.17, 15) is 9.18 Å². The molecule has 0 spiro atoms. The number of fused-ring (bicyclic) bond motifs is 1. The van der Waals surface area contributed by atoms with Gasteiger partial charge in [0.1, 0.15) is 11.6 Å². The highest BCUT2D eigenvalue weighted by Gasteiger charge is 2.14. The van der Waals surface area contributed by atoms with Crippen molar-refractivity contribution in [2.45, 2.75) is 13.0 Å². The van der Waals surface area contributed by atoms with Gasteiger partial charge in [0.15, 0.2) is 0 Å². The number of imidazole rings is 1. The molecular weight excluding hydrogens is 413 g/mol. The number of hydrogen-bond acceptors (Lipinski definition) is 2. The molecule has 1 amide bonds. The van der Waals surface area contributed by atoms with Gasteiger partial charge in [-0.3, -0.25) is 4.79 Å². The standard InChI is InChI=1S/C25H21ClFN3O/c26-20-9-6-10-21(27)19(20)17-30-23-12-5-4-11-22(23)29-24(30)15-16-28-25(31)14-13-18-7-2-1-3-8-18/h1-14H,15-17H2,(H,28,31)/b14-13+. The second-order valence-corrected chi connectivity index (χ2v) is 7.50. The summed E-state index contributed by atoms with van der Waals surface area (Å²) in [6.45, 7) is 0.676. The van der Waals surface area contributed by atoms with Gasteiger partial charge in [-0.05, 0) is 35.9 Å². The van der Waals surface area contributed by atoms with Gasteiger partial charge in [0.25, 0.3) is 0 Å². The second-order valence-electron chi connectivity index (χ2n) is 7.09. The van der Waals surface area contributed by atoms with Crippen molar-refractivity contribution in [2.24, 2.45) is 0 Å². The van der Waals surface area contributed by atoms with Gasteiger partial charge >= 0.3 is 0 Å². The number of hydrogen-bond donors (Lipinski definition) is 1. The van der Waals surface area contributed by atoms with Gasteiger partial charge in [-0.2, -0.15) is 0 Å². The van der Waals surface area contributed by atoms with Crippen molar-refractivity contribution in [1.29, 1.82) is 0 Å². The van der Waals surface area contributed by atoms with Crippen LogP contribution < -0.4 is 5.32 Å². The monoisotopic (exact) mass is 433 g/mol. The van der Waals surface area contributed by atoms with Crippen LogP contribution >= 0.6 is 11.6 Å². The minimum Gasteiger partial charge on any atom is -0.352 e. The Morgan fingerprint density at radius 1 is 1.03 bits per heavy atom. The quantitative estimate of drug-likeness (QED) is 0.405. The fourth-order valence-corrected chi connectivity index (χ4v) is 3.65. The summed E-state index contributed by atoms with van der Waals surface area (Å²) >= 11 is 6.24. The van der Waals surface area contributed by atoms with E-state index in [1.54, 1.807) is 18.2 Å². The van der Waals surface area contributed by atoms with Crippen molar-refractivity contribution in [3.05, 3.63) is 107 Å². The van der Waals surface area contributed by atoms with Crippen LogP contribution in [-0.4, -0.2) is 22.0 Å². The molecule has 1 aromatic heterocycles. The van der Waals surface area contributed by atoms with Gasteiger partial charge < -0.3 is 9.88 Å². The number of para-hydroxylation sites is 2. The Kier molecular flexibility index (Phi) is 6.43. The minimum absolute atomic E-state index is 0.177. The Labute approximate surface area is 185 Å². The highest BCUT2D eigenvalue weighted by atomic mass is 35.5. The van der Waals surface area contributed by atoms with Crippen LogP contribution in [0.5, 0.6) is 0 Å². The van der Waals surface area contributed by atoms with E-state index in [2.05, 4.69) is 10.3 Å². The Morgan fingerprint density at radius 2 is 1.81 bits per heavy atom. The molecule has 0 atom stereocenters. The molecular formula is C25H21ClFN3O. The smallest absolute Gasteiger partial charge is 0.244 e. The largest absolute Gasteiger partial charge is 0.352 e. The molecule has 0 saturated heterocycles. The number of amides is 1. The number of aromatic nitrogens is 2. The predicted molar refractivity (Wildman–Crippen MR) is 122 cm³/mol. The SMILES string of the molecule is O=C(/C=C/c1ccccc1)NCCc1nc2ccccc2n1Cc1c(F)cccc1Cl. The van der Waals surface area contributed by atoms with Gasteiger partial charge in [-0.15, -0.1) is 0 Å². The topological polar surface area (TPSA) is 46.9 Å². The molecule has 31 heavy (non-hydrogen) atoms. The number of rotatable bonds is 7. The number of benzene rings is 3. The predicted octanol–water partition coefficient (Wildman–Crippen LogP) is 5.25. The molecule has 4 rings (SSSR count). The van der Waals surface area contributed by atoms with Crippen LogP contribution in [0.25, 0.3) is 17.1 Å². The first-order chi connectivity index (χ1) is 15.1. The van der Waals surface area contributed by atoms with Gasteiger partial charge in [0, 0.05) is 29.6 Å². The van der Waals surface area contributed by atoms with E-state index in [-0.39, 0.29) is 18.3 Å². The van der Waals surface area contributed by atoms with Crippen LogP contribution in [0.4, 0.5) is 4.39 Å². The summed E-state index contributed by atoms with van der Waals surface area (Å²) in [5.74, 6) is 0.229. The highest BCUT2D eigenvalue weighted by molar-refractivity contribution is 6.31. The van der Waals surface area contributed by atoms with E-state index in [1.165, 1.54) is 12.1 Å². The molecule has 0 bridgehead atoms. The summed E-state index contributed by atoms with van der Waals surface area (Å²) in [5.41, 5.74) is 3.09. The lowest BCUT2D eigenvalue weighted by molar-refractivity contribution is -0.116. The van der Waals surface area contributed by atoms with Crippen molar-refractivity contribution in [2.75, 3.05) is 6.54 Å². The summed E-state index contributed by atoms with van der Waals surface area (Å²) in [6, 6.07) is 22.0. The minimum atomic E-state index is -0.351. The van der Waals surface area contributed by atoms with Crippen molar-refractivity contribution in [3.8, 4) is 0 Å². The zero-order valence-electron chi connectivity index (χ0n) is 16.8. The van der Waals surface area contributed by atoms with Crippen molar-refractivity contribution in [1.82, 2.24) is 14.9 Å². The van der Waals surface area contributed by atoms with Crippen LogP contribution in [0.1, 0.15) is 17.0 Å². The number of carbonyl (C=O) groups is 1. The van der Waals surface area contributed by atoms with Crippen LogP contribution in [0, 0.1) is 5.82 Å². The zero-order valence-corrected chi connectivity index (χ0v) is 17.5. The Bertz CT molecular complexity index is 1210. The van der Waals surface area contributed by atoms with Crippen LogP contribution in [0.3, 0.4) is 0 Å². The van der Waals surface area contributed by atoms with E-state index >= 15 is 0 Å². The van der Waals surface area contributed by atoms with E-state index < -0.39 is 0 Å². The maximum Gasteiger partial charge on any atom is 0.244 e. The molecule has 1 N–H and O–H groups in total. The summed E-state index contributed by atoms with van der Waals surface area (Å²) in [5, 5.41) is 3.26. The van der Waals surface area contributed by atoms with Crippen LogP contribution in [-0.2, 0) is 17.8 Å². The molecule has 0 fully saturated rings. The lowest BCUT2D eigenvalue weighted by Crippen LogP contribution is -2.24. The van der Waals surface area contributed by atoms with Gasteiger partial charge in [0.05, 0.1) is 17.6 Å². The average Bonchev–Trinajstić information content (AvgIpc) is 3.13. The molecule has 0 aliphatic carbocycles. The van der Waals surface area contributed by atoms with Crippen LogP contribution in [0.2, 0.25) is 5.02 Å². The molecule has 3 aromatic carbocycles. The van der Waals surface area contributed by atoms with Crippen LogP contribution in [0.15, 0.2) is 78.9 Å². The van der Waals surface area contributed by atoms with E-state index in [4.69, 9.17) is 11.6 Å². The first-order valence-electron chi connectivity index (χ1n) is 10.00. The molecule has 156 valence electrons. The van der Waals surface area contributed by atoms with Gasteiger partial charge in [-0.1, -0.05) is 60.1 Å². The molecule has 4 aromatic rings. The van der Waals surface area contributed by atoms with Crippen molar-refractivity contribution < 1.29 is 9.18 Å². The zero-order chi connectivity index (χ0) is 21.6. The molecule has 6 heteroatoms. The second kappa shape index (κ2) is 9.58. The Hall–Kier alpha value is -3.44. The molecule has 0 aliphatic rings. The van der Waals surface area contributed by atoms with Crippen molar-refractivity contribution >= 4 is 34.6 Å². The summed E-state index contributed by atoms with van der Waals surface area (Å²) < 4.78 is 16.3. The third kappa shape index (κ3) is 5.01. The molecule has 0 aliphatic heterocycles. The number of nitrogens with one attached hydrogen (secondary N) is 1. The summed E-state index contributed by atoms with van der Waals surface area (Å²) in [7, 11) is 0. The van der Waals surface area contributed by atoms with Gasteiger partial charge in [-0.25, -0.2) is 9.37 Å². The lowest BCUT2D eigenvalue weighted by Gasteiger charge is -2.12. The first kappa shape index (κ1) is 20.8. The Balaban J connectivity index is 1.49. The maximum atomic E-state index is 14.4. The average molecular weight is 434 g/mol. The summed E-state index contributed by atoms with van der Waals surface area (Å²) in [4.78, 5) is 16.8. The van der Waals surface area contributed by atoms with Gasteiger partial charge in [0.2, 0.25) is 5.91 Å². The lowest BCUT2D eigenvalue weighted by atomic mass is 10.2. The molecule has 0 unspecified atom stereocenters. The van der Waals surface area contributed by atoms with Crippen molar-refractivity contribution in [3.63, 3.8) is 0 Å². The molecule has 1 heterocycles. The number of halogens is 2. The molecule has 0 radical (unpaired) electrons. The molecule has 0 saturated carbocycles. The third-order valence-corrected chi connectivity index (χ3v) is 5.34. The normalized spacial score (nSPS) is 11.3. The van der Waals surface area contributed by atoms with E-state index in [1.807, 2.05) is 59.2 Å². The first-order valence-corrected chi connectivity index (χ1v) is 10.4. The number of nitrogens with zero attached hydrogens (tertiary/aromatic N) is 2. The molecule has 4 nitrogen and oxygen atoms in total. The van der Waals surface area contributed by atoms with E-state index in [0.717, 1.165) is 22.4 Å². The highest BCUT2D eigenvalue weighted by Crippen LogP contribution is 2.24. The fraction of sp³-hybridized carbons (Fsp3) is 0.120. The van der Waals surface area contributed by atoms with E-state index in [0.29, 0.717) is 23.6 Å². The summed E-state index contributed by atoms with van der Waals surface area (Å²) in [6.07, 6.45) is 3.79. The number of carbonyl (C=O) groups excluding carboxylic acids is 1. The fourth-order valence-electron chi connectivity index (χ4n) is 3.43. The Morgan fingerprint density at radius 3 is 2.61 bits per heavy atom. The third-order valence-electron chi connectivity index (χ3n) is 4.99.